The second kappa shape index (κ2) is 12.0. The van der Waals surface area contributed by atoms with E-state index in [1.165, 1.54) is 16.7 Å². The first kappa shape index (κ1) is 24.9. The van der Waals surface area contributed by atoms with Gasteiger partial charge in [0.25, 0.3) is 0 Å². The van der Waals surface area contributed by atoms with Gasteiger partial charge in [-0.2, -0.15) is 0 Å². The van der Waals surface area contributed by atoms with Gasteiger partial charge in [-0.1, -0.05) is 61.4 Å². The van der Waals surface area contributed by atoms with Crippen LogP contribution in [0.25, 0.3) is 11.1 Å². The Morgan fingerprint density at radius 2 is 1.53 bits per heavy atom. The van der Waals surface area contributed by atoms with Crippen LogP contribution < -0.4 is 21.4 Å². The lowest BCUT2D eigenvalue weighted by molar-refractivity contribution is -0.129. The summed E-state index contributed by atoms with van der Waals surface area (Å²) in [6, 6.07) is 21.9. The number of anilines is 2. The number of rotatable bonds is 10. The Bertz CT molecular complexity index is 1230. The number of benzene rings is 3. The lowest BCUT2D eigenvalue weighted by Gasteiger charge is -2.19. The maximum atomic E-state index is 13.0. The number of carbonyl (C=O) groups excluding carboxylic acids is 3. The zero-order valence-electron chi connectivity index (χ0n) is 19.9. The van der Waals surface area contributed by atoms with Crippen LogP contribution in [0.4, 0.5) is 16.2 Å². The number of hydrogen-bond acceptors (Lipinski definition) is 4. The summed E-state index contributed by atoms with van der Waals surface area (Å²) in [5, 5.41) is 17.1. The Labute approximate surface area is 210 Å². The monoisotopic (exact) mass is 486 g/mol. The summed E-state index contributed by atoms with van der Waals surface area (Å²) in [4.78, 5) is 37.0. The molecule has 36 heavy (non-hydrogen) atoms. The Hall–Kier alpha value is -4.17. The largest absolute Gasteiger partial charge is 0.326 e. The van der Waals surface area contributed by atoms with Gasteiger partial charge in [0, 0.05) is 17.8 Å². The molecule has 0 spiro atoms. The van der Waals surface area contributed by atoms with Crippen molar-refractivity contribution in [3.05, 3.63) is 83.9 Å². The minimum Gasteiger partial charge on any atom is -0.326 e. The van der Waals surface area contributed by atoms with E-state index in [4.69, 9.17) is 5.21 Å². The van der Waals surface area contributed by atoms with Crippen molar-refractivity contribution < 1.29 is 19.6 Å². The van der Waals surface area contributed by atoms with Crippen molar-refractivity contribution in [2.24, 2.45) is 0 Å². The van der Waals surface area contributed by atoms with Gasteiger partial charge in [-0.15, -0.1) is 0 Å². The summed E-state index contributed by atoms with van der Waals surface area (Å²) in [5.74, 6) is -0.754. The SMILES string of the molecule is O=C(CCCCC[C@H](NC(=O)Nc1ccc2c(c1)-c1ccccc1C2)C(=O)Nc1ccccc1)NO. The van der Waals surface area contributed by atoms with Crippen LogP contribution in [0.5, 0.6) is 0 Å². The molecule has 1 atom stereocenters. The number of carbonyl (C=O) groups is 3. The van der Waals surface area contributed by atoms with E-state index >= 15 is 0 Å². The smallest absolute Gasteiger partial charge is 0.319 e. The Morgan fingerprint density at radius 1 is 0.778 bits per heavy atom. The molecule has 4 amide bonds. The molecule has 8 nitrogen and oxygen atoms in total. The van der Waals surface area contributed by atoms with Crippen LogP contribution in [0.1, 0.15) is 43.2 Å². The highest BCUT2D eigenvalue weighted by molar-refractivity contribution is 5.99. The van der Waals surface area contributed by atoms with Crippen LogP contribution in [-0.2, 0) is 16.0 Å². The number of fused-ring (bicyclic) bond motifs is 3. The fourth-order valence-electron chi connectivity index (χ4n) is 4.41. The van der Waals surface area contributed by atoms with Crippen LogP contribution >= 0.6 is 0 Å². The second-order valence-corrected chi connectivity index (χ2v) is 8.85. The van der Waals surface area contributed by atoms with Crippen molar-refractivity contribution in [1.82, 2.24) is 10.8 Å². The van der Waals surface area contributed by atoms with E-state index in [1.807, 2.05) is 48.5 Å². The molecule has 0 heterocycles. The highest BCUT2D eigenvalue weighted by Gasteiger charge is 2.22. The topological polar surface area (TPSA) is 120 Å². The van der Waals surface area contributed by atoms with Gasteiger partial charge in [0.05, 0.1) is 0 Å². The molecular weight excluding hydrogens is 456 g/mol. The molecule has 0 fully saturated rings. The molecule has 5 N–H and O–H groups in total. The van der Waals surface area contributed by atoms with Gasteiger partial charge in [0.15, 0.2) is 0 Å². The van der Waals surface area contributed by atoms with Gasteiger partial charge in [0.2, 0.25) is 11.8 Å². The summed E-state index contributed by atoms with van der Waals surface area (Å²) < 4.78 is 0. The maximum absolute atomic E-state index is 13.0. The summed E-state index contributed by atoms with van der Waals surface area (Å²) >= 11 is 0. The van der Waals surface area contributed by atoms with Gasteiger partial charge in [0.1, 0.15) is 6.04 Å². The van der Waals surface area contributed by atoms with E-state index in [2.05, 4.69) is 28.1 Å². The Morgan fingerprint density at radius 3 is 2.33 bits per heavy atom. The van der Waals surface area contributed by atoms with E-state index < -0.39 is 18.0 Å². The predicted octanol–water partition coefficient (Wildman–Crippen LogP) is 4.84. The number of hydroxylamine groups is 1. The molecule has 0 radical (unpaired) electrons. The maximum Gasteiger partial charge on any atom is 0.319 e. The van der Waals surface area contributed by atoms with Gasteiger partial charge in [-0.3, -0.25) is 14.8 Å². The summed E-state index contributed by atoms with van der Waals surface area (Å²) in [6.07, 6.45) is 3.36. The minimum absolute atomic E-state index is 0.201. The molecule has 4 rings (SSSR count). The standard InChI is InChI=1S/C28H30N4O4/c33-26(32-36)14-6-2-5-13-25(27(34)29-21-10-3-1-4-11-21)31-28(35)30-22-16-15-20-17-19-9-7-8-12-23(19)24(20)18-22/h1,3-4,7-12,15-16,18,25,36H,2,5-6,13-14,17H2,(H,29,34)(H,32,33)(H2,30,31,35)/t25-/m0/s1. The first-order chi connectivity index (χ1) is 17.5. The molecule has 186 valence electrons. The van der Waals surface area contributed by atoms with Gasteiger partial charge in [-0.25, -0.2) is 10.3 Å². The summed E-state index contributed by atoms with van der Waals surface area (Å²) in [6.45, 7) is 0. The first-order valence-electron chi connectivity index (χ1n) is 12.1. The van der Waals surface area contributed by atoms with Crippen molar-refractivity contribution >= 4 is 29.2 Å². The number of amides is 4. The summed E-state index contributed by atoms with van der Waals surface area (Å²) in [7, 11) is 0. The third kappa shape index (κ3) is 6.49. The van der Waals surface area contributed by atoms with Gasteiger partial charge in [-0.05, 0) is 65.8 Å². The van der Waals surface area contributed by atoms with E-state index in [0.717, 1.165) is 12.0 Å². The van der Waals surface area contributed by atoms with Crippen LogP contribution in [0.2, 0.25) is 0 Å². The third-order valence-electron chi connectivity index (χ3n) is 6.24. The van der Waals surface area contributed by atoms with Crippen LogP contribution in [0.15, 0.2) is 72.8 Å². The molecule has 3 aromatic rings. The van der Waals surface area contributed by atoms with Crippen molar-refractivity contribution in [3.8, 4) is 11.1 Å². The van der Waals surface area contributed by atoms with E-state index in [9.17, 15) is 14.4 Å². The van der Waals surface area contributed by atoms with Crippen LogP contribution in [0.3, 0.4) is 0 Å². The highest BCUT2D eigenvalue weighted by Crippen LogP contribution is 2.37. The molecule has 0 saturated carbocycles. The summed E-state index contributed by atoms with van der Waals surface area (Å²) in [5.41, 5.74) is 7.67. The van der Waals surface area contributed by atoms with Crippen molar-refractivity contribution in [3.63, 3.8) is 0 Å². The number of nitrogens with one attached hydrogen (secondary N) is 4. The zero-order valence-corrected chi connectivity index (χ0v) is 19.9. The van der Waals surface area contributed by atoms with Crippen molar-refractivity contribution in [1.29, 1.82) is 0 Å². The van der Waals surface area contributed by atoms with Crippen LogP contribution in [0, 0.1) is 0 Å². The molecule has 0 saturated heterocycles. The average Bonchev–Trinajstić information content (AvgIpc) is 3.26. The Balaban J connectivity index is 1.38. The second-order valence-electron chi connectivity index (χ2n) is 8.85. The van der Waals surface area contributed by atoms with Gasteiger partial charge >= 0.3 is 6.03 Å². The lowest BCUT2D eigenvalue weighted by atomic mass is 10.1. The predicted molar refractivity (Wildman–Crippen MR) is 139 cm³/mol. The van der Waals surface area contributed by atoms with Crippen molar-refractivity contribution in [2.45, 2.75) is 44.6 Å². The fourth-order valence-corrected chi connectivity index (χ4v) is 4.41. The molecule has 0 bridgehead atoms. The lowest BCUT2D eigenvalue weighted by Crippen LogP contribution is -2.45. The molecule has 0 aliphatic heterocycles. The van der Waals surface area contributed by atoms with Crippen molar-refractivity contribution in [2.75, 3.05) is 10.6 Å². The molecule has 1 aliphatic carbocycles. The molecule has 0 aromatic heterocycles. The molecule has 0 unspecified atom stereocenters. The quantitative estimate of drug-likeness (QED) is 0.125. The van der Waals surface area contributed by atoms with Crippen LogP contribution in [-0.4, -0.2) is 29.1 Å². The fraction of sp³-hybridized carbons (Fsp3) is 0.250. The highest BCUT2D eigenvalue weighted by atomic mass is 16.5. The normalized spacial score (nSPS) is 12.1. The van der Waals surface area contributed by atoms with E-state index in [0.29, 0.717) is 37.1 Å². The minimum atomic E-state index is -0.757. The third-order valence-corrected chi connectivity index (χ3v) is 6.24. The van der Waals surface area contributed by atoms with Gasteiger partial charge < -0.3 is 16.0 Å². The van der Waals surface area contributed by atoms with E-state index in [-0.39, 0.29) is 12.3 Å². The number of hydrogen-bond donors (Lipinski definition) is 5. The number of para-hydroxylation sites is 1. The van der Waals surface area contributed by atoms with E-state index in [1.54, 1.807) is 17.6 Å². The average molecular weight is 487 g/mol. The number of urea groups is 1. The molecule has 8 heteroatoms. The molecule has 1 aliphatic rings. The first-order valence-corrected chi connectivity index (χ1v) is 12.1. The Kier molecular flexibility index (Phi) is 8.31. The zero-order chi connectivity index (χ0) is 25.3. The molecule has 3 aromatic carbocycles. The molecular formula is C28H30N4O4. The number of unbranched alkanes of at least 4 members (excludes halogenated alkanes) is 2.